The molecule has 0 saturated carbocycles. The maximum Gasteiger partial charge on any atom is 0.325 e. The highest BCUT2D eigenvalue weighted by Crippen LogP contribution is 2.25. The molecule has 0 saturated heterocycles. The van der Waals surface area contributed by atoms with Crippen LogP contribution in [0.25, 0.3) is 0 Å². The zero-order chi connectivity index (χ0) is 10.7. The lowest BCUT2D eigenvalue weighted by Crippen LogP contribution is -2.34. The lowest BCUT2D eigenvalue weighted by molar-refractivity contribution is -0.138. The molecule has 1 radical (unpaired) electrons. The Morgan fingerprint density at radius 1 is 1.67 bits per heavy atom. The van der Waals surface area contributed by atoms with Gasteiger partial charge in [0.15, 0.2) is 0 Å². The van der Waals surface area contributed by atoms with Gasteiger partial charge in [0.25, 0.3) is 0 Å². The van der Waals surface area contributed by atoms with E-state index in [0.29, 0.717) is 6.54 Å². The Hall–Kier alpha value is -1.51. The van der Waals surface area contributed by atoms with Crippen LogP contribution in [-0.4, -0.2) is 26.2 Å². The summed E-state index contributed by atoms with van der Waals surface area (Å²) < 4.78 is 4.68. The quantitative estimate of drug-likeness (QED) is 0.682. The van der Waals surface area contributed by atoms with Gasteiger partial charge in [0.2, 0.25) is 0 Å². The van der Waals surface area contributed by atoms with Gasteiger partial charge in [-0.3, -0.25) is 4.79 Å². The summed E-state index contributed by atoms with van der Waals surface area (Å²) in [5.74, 6) is -0.185. The van der Waals surface area contributed by atoms with Crippen molar-refractivity contribution in [2.45, 2.75) is 12.8 Å². The summed E-state index contributed by atoms with van der Waals surface area (Å²) in [7, 11) is 1.42. The van der Waals surface area contributed by atoms with Gasteiger partial charge in [-0.05, 0) is 36.6 Å². The third-order valence-electron chi connectivity index (χ3n) is 2.69. The van der Waals surface area contributed by atoms with Gasteiger partial charge >= 0.3 is 5.97 Å². The van der Waals surface area contributed by atoms with E-state index in [-0.39, 0.29) is 5.97 Å². The highest BCUT2D eigenvalue weighted by atomic mass is 16.5. The molecule has 0 aromatic heterocycles. The van der Waals surface area contributed by atoms with E-state index < -0.39 is 0 Å². The molecule has 3 heteroatoms. The highest BCUT2D eigenvalue weighted by Gasteiger charge is 2.18. The van der Waals surface area contributed by atoms with Crippen molar-refractivity contribution in [3.63, 3.8) is 0 Å². The van der Waals surface area contributed by atoms with Crippen LogP contribution in [0.4, 0.5) is 5.69 Å². The van der Waals surface area contributed by atoms with Gasteiger partial charge < -0.3 is 9.64 Å². The Morgan fingerprint density at radius 3 is 3.33 bits per heavy atom. The molecule has 1 aromatic carbocycles. The minimum absolute atomic E-state index is 0.185. The standard InChI is InChI=1S/C12H14NO2/c1-15-12(14)9-13-8-4-6-10-5-2-3-7-11(10)13/h3,5,7H,4,6,8-9H2,1H3. The molecular formula is C12H14NO2. The first-order chi connectivity index (χ1) is 7.31. The number of benzene rings is 1. The molecule has 0 amide bonds. The lowest BCUT2D eigenvalue weighted by atomic mass is 10.0. The van der Waals surface area contributed by atoms with E-state index >= 15 is 0 Å². The third-order valence-corrected chi connectivity index (χ3v) is 2.69. The summed E-state index contributed by atoms with van der Waals surface area (Å²) >= 11 is 0. The number of hydrogen-bond acceptors (Lipinski definition) is 3. The minimum atomic E-state index is -0.185. The number of hydrogen-bond donors (Lipinski definition) is 0. The summed E-state index contributed by atoms with van der Waals surface area (Å²) in [5.41, 5.74) is 2.41. The van der Waals surface area contributed by atoms with Crippen LogP contribution in [-0.2, 0) is 16.0 Å². The van der Waals surface area contributed by atoms with Gasteiger partial charge in [0.1, 0.15) is 6.54 Å². The van der Waals surface area contributed by atoms with Crippen molar-refractivity contribution in [2.75, 3.05) is 25.1 Å². The Labute approximate surface area is 89.7 Å². The number of esters is 1. The number of rotatable bonds is 2. The molecule has 0 fully saturated rings. The number of carbonyl (C=O) groups is 1. The normalized spacial score (nSPS) is 14.6. The Kier molecular flexibility index (Phi) is 2.90. The number of nitrogens with zero attached hydrogens (tertiary/aromatic N) is 1. The van der Waals surface area contributed by atoms with Crippen LogP contribution in [0.3, 0.4) is 0 Å². The number of methoxy groups -OCH3 is 1. The molecule has 1 aliphatic rings. The molecule has 0 aliphatic carbocycles. The molecule has 0 spiro atoms. The molecule has 3 nitrogen and oxygen atoms in total. The number of anilines is 1. The molecule has 1 aliphatic heterocycles. The summed E-state index contributed by atoms with van der Waals surface area (Å²) in [6, 6.07) is 8.96. The molecular weight excluding hydrogens is 190 g/mol. The average Bonchev–Trinajstić information content (AvgIpc) is 2.29. The zero-order valence-electron chi connectivity index (χ0n) is 8.82. The fourth-order valence-corrected chi connectivity index (χ4v) is 1.93. The highest BCUT2D eigenvalue weighted by molar-refractivity contribution is 5.76. The summed E-state index contributed by atoms with van der Waals surface area (Å²) in [6.45, 7) is 1.26. The summed E-state index contributed by atoms with van der Waals surface area (Å²) in [4.78, 5) is 13.3. The van der Waals surface area contributed by atoms with Crippen LogP contribution in [0.1, 0.15) is 12.0 Å². The molecule has 2 rings (SSSR count). The topological polar surface area (TPSA) is 29.5 Å². The van der Waals surface area contributed by atoms with Crippen LogP contribution >= 0.6 is 0 Å². The van der Waals surface area contributed by atoms with Crippen LogP contribution in [0.15, 0.2) is 18.2 Å². The minimum Gasteiger partial charge on any atom is -0.468 e. The maximum atomic E-state index is 11.2. The van der Waals surface area contributed by atoms with Crippen molar-refractivity contribution < 1.29 is 9.53 Å². The van der Waals surface area contributed by atoms with Crippen molar-refractivity contribution in [3.05, 3.63) is 29.8 Å². The Balaban J connectivity index is 2.18. The molecule has 0 atom stereocenters. The van der Waals surface area contributed by atoms with E-state index in [1.54, 1.807) is 0 Å². The van der Waals surface area contributed by atoms with Crippen molar-refractivity contribution in [3.8, 4) is 0 Å². The van der Waals surface area contributed by atoms with Crippen LogP contribution in [0, 0.1) is 6.07 Å². The molecule has 0 N–H and O–H groups in total. The molecule has 0 bridgehead atoms. The average molecular weight is 204 g/mol. The second kappa shape index (κ2) is 4.34. The van der Waals surface area contributed by atoms with Crippen LogP contribution in [0.2, 0.25) is 0 Å². The maximum absolute atomic E-state index is 11.2. The summed E-state index contributed by atoms with van der Waals surface area (Å²) in [6.07, 6.45) is 2.16. The van der Waals surface area contributed by atoms with Crippen molar-refractivity contribution in [2.24, 2.45) is 0 Å². The molecule has 1 heterocycles. The zero-order valence-corrected chi connectivity index (χ0v) is 8.82. The van der Waals surface area contributed by atoms with Crippen molar-refractivity contribution >= 4 is 11.7 Å². The number of carbonyl (C=O) groups excluding carboxylic acids is 1. The van der Waals surface area contributed by atoms with E-state index in [0.717, 1.165) is 25.1 Å². The van der Waals surface area contributed by atoms with Gasteiger partial charge in [0, 0.05) is 12.2 Å². The monoisotopic (exact) mass is 204 g/mol. The number of ether oxygens (including phenoxy) is 1. The largest absolute Gasteiger partial charge is 0.468 e. The second-order valence-corrected chi connectivity index (χ2v) is 3.66. The Morgan fingerprint density at radius 2 is 2.53 bits per heavy atom. The van der Waals surface area contributed by atoms with Gasteiger partial charge in [-0.2, -0.15) is 0 Å². The van der Waals surface area contributed by atoms with E-state index in [9.17, 15) is 4.79 Å². The molecule has 1 aromatic rings. The predicted octanol–water partition coefficient (Wildman–Crippen LogP) is 1.41. The first-order valence-electron chi connectivity index (χ1n) is 5.12. The number of aryl methyl sites for hydroxylation is 1. The molecule has 79 valence electrons. The van der Waals surface area contributed by atoms with Crippen molar-refractivity contribution in [1.82, 2.24) is 0 Å². The van der Waals surface area contributed by atoms with E-state index in [2.05, 4.69) is 15.7 Å². The van der Waals surface area contributed by atoms with Crippen molar-refractivity contribution in [1.29, 1.82) is 0 Å². The second-order valence-electron chi connectivity index (χ2n) is 3.66. The van der Waals surface area contributed by atoms with Gasteiger partial charge in [-0.15, -0.1) is 0 Å². The molecule has 15 heavy (non-hydrogen) atoms. The van der Waals surface area contributed by atoms with E-state index in [4.69, 9.17) is 0 Å². The fourth-order valence-electron chi connectivity index (χ4n) is 1.93. The van der Waals surface area contributed by atoms with Gasteiger partial charge in [-0.1, -0.05) is 6.07 Å². The van der Waals surface area contributed by atoms with Gasteiger partial charge in [0.05, 0.1) is 7.11 Å². The fraction of sp³-hybridized carbons (Fsp3) is 0.417. The van der Waals surface area contributed by atoms with E-state index in [1.165, 1.54) is 12.7 Å². The van der Waals surface area contributed by atoms with Crippen LogP contribution < -0.4 is 4.90 Å². The lowest BCUT2D eigenvalue weighted by Gasteiger charge is -2.30. The van der Waals surface area contributed by atoms with E-state index in [1.807, 2.05) is 18.2 Å². The predicted molar refractivity (Wildman–Crippen MR) is 57.8 cm³/mol. The first kappa shape index (κ1) is 10.0. The smallest absolute Gasteiger partial charge is 0.325 e. The van der Waals surface area contributed by atoms with Gasteiger partial charge in [-0.25, -0.2) is 0 Å². The summed E-state index contributed by atoms with van der Waals surface area (Å²) in [5, 5.41) is 0. The number of fused-ring (bicyclic) bond motifs is 1. The SMILES string of the molecule is COC(=O)CN1CCCc2c[c]ccc21. The van der Waals surface area contributed by atoms with Crippen LogP contribution in [0.5, 0.6) is 0 Å². The Bertz CT molecular complexity index is 362. The third kappa shape index (κ3) is 2.12. The molecule has 0 unspecified atom stereocenters. The first-order valence-corrected chi connectivity index (χ1v) is 5.12.